The average Bonchev–Trinajstić information content (AvgIpc) is 2.91. The molecule has 2 amide bonds. The van der Waals surface area contributed by atoms with Crippen LogP contribution < -0.4 is 5.32 Å². The van der Waals surface area contributed by atoms with Gasteiger partial charge in [0.15, 0.2) is 12.2 Å². The number of hydrogen-bond acceptors (Lipinski definition) is 4. The lowest BCUT2D eigenvalue weighted by atomic mass is 10.1. The summed E-state index contributed by atoms with van der Waals surface area (Å²) in [7, 11) is 0. The number of carbonyl (C=O) groups is 2. The highest BCUT2D eigenvalue weighted by Gasteiger charge is 2.33. The first kappa shape index (κ1) is 33.8. The molecule has 3 rings (SSSR count). The van der Waals surface area contributed by atoms with Gasteiger partial charge in [-0.3, -0.25) is 9.59 Å². The number of aryl methyl sites for hydroxylation is 2. The average molecular weight is 559 g/mol. The van der Waals surface area contributed by atoms with Crippen LogP contribution in [0.25, 0.3) is 0 Å². The lowest BCUT2D eigenvalue weighted by Crippen LogP contribution is -2.50. The summed E-state index contributed by atoms with van der Waals surface area (Å²) in [5, 5.41) is 23.4. The zero-order valence-electron chi connectivity index (χ0n) is 23.3. The van der Waals surface area contributed by atoms with Gasteiger partial charge in [-0.2, -0.15) is 0 Å². The molecule has 0 aliphatic heterocycles. The molecule has 3 aromatic carbocycles. The highest BCUT2D eigenvalue weighted by Crippen LogP contribution is 2.13. The second kappa shape index (κ2) is 18.1. The van der Waals surface area contributed by atoms with Gasteiger partial charge in [-0.25, -0.2) is 4.39 Å². The number of carbonyl (C=O) groups excluding carboxylic acids is 2. The van der Waals surface area contributed by atoms with Crippen LogP contribution in [0.4, 0.5) is 4.39 Å². The molecule has 0 aromatic heterocycles. The Balaban J connectivity index is 0.000000575. The number of aliphatic hydroxyl groups excluding tert-OH is 2. The van der Waals surface area contributed by atoms with E-state index >= 15 is 0 Å². The van der Waals surface area contributed by atoms with E-state index in [2.05, 4.69) is 19.2 Å². The molecule has 39 heavy (non-hydrogen) atoms. The van der Waals surface area contributed by atoms with E-state index < -0.39 is 24.0 Å². The molecule has 0 aliphatic carbocycles. The van der Waals surface area contributed by atoms with Crippen molar-refractivity contribution in [2.24, 2.45) is 0 Å². The van der Waals surface area contributed by atoms with Crippen LogP contribution in [0.2, 0.25) is 5.02 Å². The lowest BCUT2D eigenvalue weighted by Gasteiger charge is -2.26. The summed E-state index contributed by atoms with van der Waals surface area (Å²) >= 11 is 5.40. The zero-order chi connectivity index (χ0) is 29.4. The predicted octanol–water partition coefficient (Wildman–Crippen LogP) is 5.59. The Kier molecular flexibility index (Phi) is 15.7. The third kappa shape index (κ3) is 12.4. The first-order valence-electron chi connectivity index (χ1n) is 13.0. The molecule has 6 nitrogen and oxygen atoms in total. The van der Waals surface area contributed by atoms with Gasteiger partial charge in [0.05, 0.1) is 0 Å². The Morgan fingerprint density at radius 3 is 2.05 bits per heavy atom. The van der Waals surface area contributed by atoms with Crippen LogP contribution in [0.5, 0.6) is 0 Å². The molecule has 3 aromatic rings. The van der Waals surface area contributed by atoms with Crippen molar-refractivity contribution in [2.75, 3.05) is 6.54 Å². The maximum Gasteiger partial charge on any atom is 0.254 e. The molecule has 0 bridgehead atoms. The molecule has 212 valence electrons. The van der Waals surface area contributed by atoms with Crippen molar-refractivity contribution >= 4 is 23.4 Å². The molecule has 3 N–H and O–H groups in total. The van der Waals surface area contributed by atoms with Crippen molar-refractivity contribution < 1.29 is 24.2 Å². The molecule has 2 unspecified atom stereocenters. The zero-order valence-corrected chi connectivity index (χ0v) is 24.1. The Morgan fingerprint density at radius 1 is 0.923 bits per heavy atom. The number of hydrogen-bond donors (Lipinski definition) is 3. The number of benzene rings is 3. The summed E-state index contributed by atoms with van der Waals surface area (Å²) in [5.41, 5.74) is 3.94. The van der Waals surface area contributed by atoms with Gasteiger partial charge in [0.2, 0.25) is 0 Å². The van der Waals surface area contributed by atoms with Gasteiger partial charge in [0, 0.05) is 24.7 Å². The normalized spacial score (nSPS) is 11.6. The topological polar surface area (TPSA) is 89.9 Å². The Hall–Kier alpha value is -3.26. The molecule has 0 heterocycles. The van der Waals surface area contributed by atoms with Crippen molar-refractivity contribution in [2.45, 2.75) is 66.3 Å². The van der Waals surface area contributed by atoms with Crippen molar-refractivity contribution in [3.63, 3.8) is 0 Å². The van der Waals surface area contributed by atoms with Crippen molar-refractivity contribution in [3.05, 3.63) is 106 Å². The molecule has 2 atom stereocenters. The Bertz CT molecular complexity index is 1140. The monoisotopic (exact) mass is 558 g/mol. The Morgan fingerprint density at radius 2 is 1.54 bits per heavy atom. The highest BCUT2D eigenvalue weighted by atomic mass is 35.5. The maximum atomic E-state index is 12.6. The van der Waals surface area contributed by atoms with E-state index in [4.69, 9.17) is 11.6 Å². The van der Waals surface area contributed by atoms with Crippen LogP contribution in [-0.4, -0.2) is 45.7 Å². The first-order chi connectivity index (χ1) is 18.5. The van der Waals surface area contributed by atoms with Crippen molar-refractivity contribution in [1.82, 2.24) is 10.2 Å². The largest absolute Gasteiger partial charge is 0.380 e. The third-order valence-corrected chi connectivity index (χ3v) is 5.75. The predicted molar refractivity (Wildman–Crippen MR) is 155 cm³/mol. The van der Waals surface area contributed by atoms with Gasteiger partial charge >= 0.3 is 0 Å². The van der Waals surface area contributed by atoms with Crippen molar-refractivity contribution in [3.8, 4) is 0 Å². The first-order valence-corrected chi connectivity index (χ1v) is 13.3. The summed E-state index contributed by atoms with van der Waals surface area (Å²) < 4.78 is 12.1. The summed E-state index contributed by atoms with van der Waals surface area (Å²) in [6.45, 7) is 10.8. The molecule has 0 fully saturated rings. The van der Waals surface area contributed by atoms with E-state index in [0.717, 1.165) is 22.3 Å². The summed E-state index contributed by atoms with van der Waals surface area (Å²) in [5.74, 6) is -1.75. The fourth-order valence-corrected chi connectivity index (χ4v) is 3.44. The van der Waals surface area contributed by atoms with Gasteiger partial charge in [-0.15, -0.1) is 0 Å². The molecule has 0 aliphatic rings. The lowest BCUT2D eigenvalue weighted by molar-refractivity contribution is -0.153. The number of nitrogens with zero attached hydrogens (tertiary/aromatic N) is 1. The smallest absolute Gasteiger partial charge is 0.254 e. The quantitative estimate of drug-likeness (QED) is 0.336. The van der Waals surface area contributed by atoms with Gasteiger partial charge < -0.3 is 20.4 Å². The molecule has 8 heteroatoms. The van der Waals surface area contributed by atoms with E-state index in [-0.39, 0.29) is 12.4 Å². The van der Waals surface area contributed by atoms with Crippen LogP contribution in [-0.2, 0) is 22.7 Å². The van der Waals surface area contributed by atoms with Crippen LogP contribution >= 0.6 is 11.6 Å². The number of aliphatic hydroxyl groups is 2. The molecule has 0 radical (unpaired) electrons. The molecule has 0 saturated carbocycles. The summed E-state index contributed by atoms with van der Waals surface area (Å²) in [4.78, 5) is 26.2. The molecule has 0 saturated heterocycles. The summed E-state index contributed by atoms with van der Waals surface area (Å²) in [6.07, 6.45) is -2.40. The number of amides is 2. The second-order valence-corrected chi connectivity index (χ2v) is 9.46. The summed E-state index contributed by atoms with van der Waals surface area (Å²) in [6, 6.07) is 21.0. The number of likely N-dealkylation sites (N-methyl/N-ethyl adjacent to an activating group) is 1. The SMILES string of the molecule is CCC.CCN(Cc1ccccc1C)C(=O)C(O)C(O)C(=O)NCc1ccc(C)cc1.Fc1cccc(Cl)c1. The standard InChI is InChI=1S/C22H28N2O4.C6H4ClF.C3H8/c1-4-24(14-18-8-6-5-7-16(18)3)22(28)20(26)19(25)21(27)23-13-17-11-9-15(2)10-12-17;7-5-2-1-3-6(8)4-5;1-3-2/h5-12,19-20,25-26H,4,13-14H2,1-3H3,(H,23,27);1-4H;3H2,1-2H3. The fourth-order valence-electron chi connectivity index (χ4n) is 3.26. The maximum absolute atomic E-state index is 12.6. The highest BCUT2D eigenvalue weighted by molar-refractivity contribution is 6.30. The van der Waals surface area contributed by atoms with Gasteiger partial charge in [0.1, 0.15) is 5.82 Å². The minimum absolute atomic E-state index is 0.206. The third-order valence-electron chi connectivity index (χ3n) is 5.51. The van der Waals surface area contributed by atoms with E-state index in [9.17, 15) is 24.2 Å². The van der Waals surface area contributed by atoms with E-state index in [1.165, 1.54) is 23.5 Å². The van der Waals surface area contributed by atoms with Crippen LogP contribution in [0.1, 0.15) is 49.4 Å². The number of nitrogens with one attached hydrogen (secondary N) is 1. The van der Waals surface area contributed by atoms with Crippen molar-refractivity contribution in [1.29, 1.82) is 0 Å². The molecular weight excluding hydrogens is 519 g/mol. The number of halogens is 2. The van der Waals surface area contributed by atoms with Crippen LogP contribution in [0, 0.1) is 19.7 Å². The van der Waals surface area contributed by atoms with E-state index in [1.807, 2.05) is 62.4 Å². The molecular formula is C31H40ClFN2O4. The Labute approximate surface area is 236 Å². The van der Waals surface area contributed by atoms with E-state index in [0.29, 0.717) is 18.1 Å². The van der Waals surface area contributed by atoms with Crippen LogP contribution in [0.3, 0.4) is 0 Å². The van der Waals surface area contributed by atoms with Crippen LogP contribution in [0.15, 0.2) is 72.8 Å². The van der Waals surface area contributed by atoms with E-state index in [1.54, 1.807) is 19.1 Å². The molecule has 0 spiro atoms. The number of rotatable bonds is 8. The second-order valence-electron chi connectivity index (χ2n) is 9.02. The minimum atomic E-state index is -1.83. The van der Waals surface area contributed by atoms with Gasteiger partial charge in [-0.1, -0.05) is 92.0 Å². The van der Waals surface area contributed by atoms with Gasteiger partial charge in [-0.05, 0) is 55.7 Å². The fraction of sp³-hybridized carbons (Fsp3) is 0.355. The van der Waals surface area contributed by atoms with Gasteiger partial charge in [0.25, 0.3) is 11.8 Å². The minimum Gasteiger partial charge on any atom is -0.380 e.